The van der Waals surface area contributed by atoms with Crippen molar-refractivity contribution in [2.45, 2.75) is 11.1 Å². The van der Waals surface area contributed by atoms with Crippen molar-refractivity contribution in [2.24, 2.45) is 5.73 Å². The maximum absolute atomic E-state index is 13.0. The third kappa shape index (κ3) is 4.78. The van der Waals surface area contributed by atoms with Gasteiger partial charge in [-0.05, 0) is 36.4 Å². The van der Waals surface area contributed by atoms with E-state index in [-0.39, 0.29) is 15.1 Å². The van der Waals surface area contributed by atoms with Crippen LogP contribution in [-0.2, 0) is 21.0 Å². The number of amides is 1. The summed E-state index contributed by atoms with van der Waals surface area (Å²) in [5.41, 5.74) is 3.33. The van der Waals surface area contributed by atoms with E-state index in [0.29, 0.717) is 16.4 Å². The second-order valence-electron chi connectivity index (χ2n) is 5.22. The van der Waals surface area contributed by atoms with E-state index in [2.05, 4.69) is 0 Å². The van der Waals surface area contributed by atoms with E-state index in [1.165, 1.54) is 12.1 Å². The highest BCUT2D eigenvalue weighted by molar-refractivity contribution is 7.93. The van der Waals surface area contributed by atoms with Gasteiger partial charge in [0.25, 0.3) is 10.0 Å². The summed E-state index contributed by atoms with van der Waals surface area (Å²) in [6.45, 7) is -0.966. The maximum atomic E-state index is 13.0. The van der Waals surface area contributed by atoms with Gasteiger partial charge in [-0.25, -0.2) is 8.42 Å². The van der Waals surface area contributed by atoms with Gasteiger partial charge in [0, 0.05) is 5.02 Å². The highest BCUT2D eigenvalue weighted by Crippen LogP contribution is 2.38. The van der Waals surface area contributed by atoms with Gasteiger partial charge in [0.2, 0.25) is 5.91 Å². The Hall–Kier alpha value is -1.68. The first kappa shape index (κ1) is 21.6. The van der Waals surface area contributed by atoms with Crippen LogP contribution in [0.25, 0.3) is 0 Å². The number of alkyl halides is 3. The highest BCUT2D eigenvalue weighted by Gasteiger charge is 2.35. The molecule has 0 spiro atoms. The average molecular weight is 462 g/mol. The third-order valence-corrected chi connectivity index (χ3v) is 6.10. The molecule has 2 rings (SSSR count). The van der Waals surface area contributed by atoms with Gasteiger partial charge < -0.3 is 5.73 Å². The molecule has 146 valence electrons. The Morgan fingerprint density at radius 3 is 2.19 bits per heavy atom. The SMILES string of the molecule is NC(=O)CN(c1cc(C(F)(F)F)ccc1Cl)S(=O)(=O)c1cc(Cl)ccc1Cl. The first-order valence-electron chi connectivity index (χ1n) is 6.97. The first-order chi connectivity index (χ1) is 12.3. The molecule has 0 heterocycles. The van der Waals surface area contributed by atoms with E-state index >= 15 is 0 Å². The molecule has 0 unspecified atom stereocenters. The Morgan fingerprint density at radius 1 is 1.04 bits per heavy atom. The molecule has 0 aliphatic heterocycles. The van der Waals surface area contributed by atoms with E-state index in [4.69, 9.17) is 40.5 Å². The quantitative estimate of drug-likeness (QED) is 0.719. The van der Waals surface area contributed by atoms with Gasteiger partial charge in [-0.2, -0.15) is 13.2 Å². The lowest BCUT2D eigenvalue weighted by Gasteiger charge is -2.25. The molecule has 0 fully saturated rings. The predicted octanol–water partition coefficient (Wildman–Crippen LogP) is 4.35. The van der Waals surface area contributed by atoms with Crippen LogP contribution in [0.1, 0.15) is 5.56 Å². The van der Waals surface area contributed by atoms with Crippen molar-refractivity contribution >= 4 is 56.4 Å². The molecule has 0 aliphatic rings. The number of carbonyl (C=O) groups is 1. The van der Waals surface area contributed by atoms with Crippen molar-refractivity contribution in [3.8, 4) is 0 Å². The van der Waals surface area contributed by atoms with Gasteiger partial charge in [-0.1, -0.05) is 34.8 Å². The number of nitrogens with zero attached hydrogens (tertiary/aromatic N) is 1. The van der Waals surface area contributed by atoms with Crippen LogP contribution in [0.4, 0.5) is 18.9 Å². The van der Waals surface area contributed by atoms with Crippen molar-refractivity contribution < 1.29 is 26.4 Å². The summed E-state index contributed by atoms with van der Waals surface area (Å²) in [5.74, 6) is -1.12. The molecular weight excluding hydrogens is 452 g/mol. The molecule has 2 N–H and O–H groups in total. The van der Waals surface area contributed by atoms with E-state index in [1.54, 1.807) is 0 Å². The lowest BCUT2D eigenvalue weighted by atomic mass is 10.2. The first-order valence-corrected chi connectivity index (χ1v) is 9.54. The molecule has 5 nitrogen and oxygen atoms in total. The monoisotopic (exact) mass is 460 g/mol. The maximum Gasteiger partial charge on any atom is 0.416 e. The smallest absolute Gasteiger partial charge is 0.368 e. The van der Waals surface area contributed by atoms with Gasteiger partial charge in [0.05, 0.1) is 21.3 Å². The van der Waals surface area contributed by atoms with Crippen LogP contribution in [0.3, 0.4) is 0 Å². The predicted molar refractivity (Wildman–Crippen MR) is 96.6 cm³/mol. The number of anilines is 1. The van der Waals surface area contributed by atoms with Crippen LogP contribution in [0, 0.1) is 0 Å². The summed E-state index contributed by atoms with van der Waals surface area (Å²) in [7, 11) is -4.62. The Labute approximate surface area is 167 Å². The average Bonchev–Trinajstić information content (AvgIpc) is 2.54. The summed E-state index contributed by atoms with van der Waals surface area (Å²) < 4.78 is 65.4. The molecule has 0 radical (unpaired) electrons. The molecule has 0 aromatic heterocycles. The number of halogens is 6. The zero-order chi connectivity index (χ0) is 20.6. The van der Waals surface area contributed by atoms with Gasteiger partial charge in [0.1, 0.15) is 11.4 Å². The van der Waals surface area contributed by atoms with Gasteiger partial charge in [-0.15, -0.1) is 0 Å². The molecule has 2 aromatic carbocycles. The molecule has 1 amide bonds. The number of hydrogen-bond donors (Lipinski definition) is 1. The molecular formula is C15H10Cl3F3N2O3S. The van der Waals surface area contributed by atoms with Crippen LogP contribution in [0.5, 0.6) is 0 Å². The fraction of sp³-hybridized carbons (Fsp3) is 0.133. The summed E-state index contributed by atoms with van der Waals surface area (Å²) in [5, 5.41) is -0.588. The number of sulfonamides is 1. The Bertz CT molecular complexity index is 998. The molecule has 0 saturated carbocycles. The van der Waals surface area contributed by atoms with Gasteiger partial charge in [0.15, 0.2) is 0 Å². The normalized spacial score (nSPS) is 12.1. The van der Waals surface area contributed by atoms with E-state index < -0.39 is 44.8 Å². The number of nitrogens with two attached hydrogens (primary N) is 1. The van der Waals surface area contributed by atoms with Crippen LogP contribution in [-0.4, -0.2) is 20.9 Å². The number of rotatable bonds is 5. The lowest BCUT2D eigenvalue weighted by molar-refractivity contribution is -0.137. The number of primary amides is 1. The Balaban J connectivity index is 2.73. The summed E-state index contributed by atoms with van der Waals surface area (Å²) in [4.78, 5) is 10.9. The summed E-state index contributed by atoms with van der Waals surface area (Å²) in [6, 6.07) is 5.54. The minimum Gasteiger partial charge on any atom is -0.368 e. The minimum absolute atomic E-state index is 0.00661. The molecule has 27 heavy (non-hydrogen) atoms. The van der Waals surface area contributed by atoms with E-state index in [1.807, 2.05) is 0 Å². The second kappa shape index (κ2) is 7.75. The van der Waals surface area contributed by atoms with Gasteiger partial charge >= 0.3 is 6.18 Å². The highest BCUT2D eigenvalue weighted by atomic mass is 35.5. The summed E-state index contributed by atoms with van der Waals surface area (Å²) >= 11 is 17.6. The molecule has 0 saturated heterocycles. The zero-order valence-electron chi connectivity index (χ0n) is 13.1. The minimum atomic E-state index is -4.77. The standard InChI is InChI=1S/C15H10Cl3F3N2O3S/c16-9-2-4-11(18)13(6-9)27(25,26)23(7-14(22)24)12-5-8(15(19,20)21)1-3-10(12)17/h1-6H,7H2,(H2,22,24). The van der Waals surface area contributed by atoms with Gasteiger partial charge in [-0.3, -0.25) is 9.10 Å². The summed E-state index contributed by atoms with van der Waals surface area (Å²) in [6.07, 6.45) is -4.77. The molecule has 0 aliphatic carbocycles. The fourth-order valence-corrected chi connectivity index (χ4v) is 4.57. The molecule has 0 atom stereocenters. The van der Waals surface area contributed by atoms with E-state index in [9.17, 15) is 26.4 Å². The largest absolute Gasteiger partial charge is 0.416 e. The van der Waals surface area contributed by atoms with Crippen LogP contribution >= 0.6 is 34.8 Å². The van der Waals surface area contributed by atoms with Crippen LogP contribution < -0.4 is 10.0 Å². The van der Waals surface area contributed by atoms with Crippen molar-refractivity contribution in [1.29, 1.82) is 0 Å². The van der Waals surface area contributed by atoms with Crippen molar-refractivity contribution in [3.05, 3.63) is 57.0 Å². The Morgan fingerprint density at radius 2 is 1.63 bits per heavy atom. The van der Waals surface area contributed by atoms with E-state index in [0.717, 1.165) is 12.1 Å². The lowest BCUT2D eigenvalue weighted by Crippen LogP contribution is -2.39. The van der Waals surface area contributed by atoms with Crippen molar-refractivity contribution in [3.63, 3.8) is 0 Å². The number of carbonyl (C=O) groups excluding carboxylic acids is 1. The second-order valence-corrected chi connectivity index (χ2v) is 8.30. The fourth-order valence-electron chi connectivity index (χ4n) is 2.11. The molecule has 12 heteroatoms. The molecule has 0 bridgehead atoms. The van der Waals surface area contributed by atoms with Crippen molar-refractivity contribution in [1.82, 2.24) is 0 Å². The van der Waals surface area contributed by atoms with Crippen LogP contribution in [0.2, 0.25) is 15.1 Å². The third-order valence-electron chi connectivity index (χ3n) is 3.30. The molecule has 2 aromatic rings. The Kier molecular flexibility index (Phi) is 6.20. The van der Waals surface area contributed by atoms with Crippen molar-refractivity contribution in [2.75, 3.05) is 10.8 Å². The zero-order valence-corrected chi connectivity index (χ0v) is 16.2. The topological polar surface area (TPSA) is 80.5 Å². The number of benzene rings is 2. The van der Waals surface area contributed by atoms with Crippen LogP contribution in [0.15, 0.2) is 41.3 Å². The number of hydrogen-bond acceptors (Lipinski definition) is 3.